The van der Waals surface area contributed by atoms with E-state index in [2.05, 4.69) is 18.0 Å². The SMILES string of the molecule is CCO[C@H]1OC(C(=O)N2CCN(C)CC2)=C[C@@H](C2CCC2)[C@H]1CCCO. The zero-order chi connectivity index (χ0) is 18.5. The monoisotopic (exact) mass is 366 g/mol. The highest BCUT2D eigenvalue weighted by Gasteiger charge is 2.42. The second-order valence-electron chi connectivity index (χ2n) is 7.87. The van der Waals surface area contributed by atoms with Gasteiger partial charge >= 0.3 is 0 Å². The molecule has 0 bridgehead atoms. The molecular formula is C20H34N2O4. The van der Waals surface area contributed by atoms with Crippen molar-refractivity contribution in [1.82, 2.24) is 9.80 Å². The number of amides is 1. The fourth-order valence-electron chi connectivity index (χ4n) is 4.31. The molecule has 0 aromatic rings. The Labute approximate surface area is 157 Å². The summed E-state index contributed by atoms with van der Waals surface area (Å²) >= 11 is 0. The molecule has 0 aromatic heterocycles. The van der Waals surface area contributed by atoms with Crippen LogP contribution in [0.25, 0.3) is 0 Å². The van der Waals surface area contributed by atoms with Crippen LogP contribution in [-0.4, -0.2) is 73.5 Å². The molecule has 0 unspecified atom stereocenters. The first-order valence-corrected chi connectivity index (χ1v) is 10.2. The van der Waals surface area contributed by atoms with Gasteiger partial charge in [0, 0.05) is 45.3 Å². The van der Waals surface area contributed by atoms with E-state index in [-0.39, 0.29) is 24.7 Å². The highest BCUT2D eigenvalue weighted by molar-refractivity contribution is 5.91. The molecule has 1 N–H and O–H groups in total. The fraction of sp³-hybridized carbons (Fsp3) is 0.850. The zero-order valence-corrected chi connectivity index (χ0v) is 16.2. The first-order chi connectivity index (χ1) is 12.6. The van der Waals surface area contributed by atoms with E-state index in [4.69, 9.17) is 9.47 Å². The molecule has 3 rings (SSSR count). The average Bonchev–Trinajstić information content (AvgIpc) is 2.59. The van der Waals surface area contributed by atoms with Crippen LogP contribution in [0.15, 0.2) is 11.8 Å². The molecule has 1 saturated carbocycles. The summed E-state index contributed by atoms with van der Waals surface area (Å²) in [6, 6.07) is 0. The Balaban J connectivity index is 1.77. The molecule has 2 aliphatic heterocycles. The second kappa shape index (κ2) is 9.20. The van der Waals surface area contributed by atoms with Crippen LogP contribution in [0.4, 0.5) is 0 Å². The number of rotatable bonds is 7. The normalized spacial score (nSPS) is 30.5. The van der Waals surface area contributed by atoms with E-state index >= 15 is 0 Å². The van der Waals surface area contributed by atoms with Gasteiger partial charge in [0.2, 0.25) is 6.29 Å². The van der Waals surface area contributed by atoms with E-state index in [1.54, 1.807) is 0 Å². The van der Waals surface area contributed by atoms with E-state index in [0.717, 1.165) is 39.0 Å². The van der Waals surface area contributed by atoms with Gasteiger partial charge in [-0.1, -0.05) is 6.42 Å². The lowest BCUT2D eigenvalue weighted by Gasteiger charge is -2.44. The van der Waals surface area contributed by atoms with Crippen molar-refractivity contribution in [3.8, 4) is 0 Å². The van der Waals surface area contributed by atoms with Crippen LogP contribution in [0.5, 0.6) is 0 Å². The molecule has 6 heteroatoms. The lowest BCUT2D eigenvalue weighted by molar-refractivity contribution is -0.181. The largest absolute Gasteiger partial charge is 0.459 e. The maximum atomic E-state index is 13.0. The van der Waals surface area contributed by atoms with E-state index in [1.807, 2.05) is 11.8 Å². The number of ether oxygens (including phenoxy) is 2. The van der Waals surface area contributed by atoms with Crippen molar-refractivity contribution in [1.29, 1.82) is 0 Å². The van der Waals surface area contributed by atoms with Gasteiger partial charge in [0.25, 0.3) is 5.91 Å². The first kappa shape index (κ1) is 19.6. The maximum Gasteiger partial charge on any atom is 0.288 e. The molecular weight excluding hydrogens is 332 g/mol. The third-order valence-corrected chi connectivity index (χ3v) is 6.15. The molecule has 1 amide bonds. The molecule has 26 heavy (non-hydrogen) atoms. The van der Waals surface area contributed by atoms with Crippen LogP contribution in [0.2, 0.25) is 0 Å². The minimum atomic E-state index is -0.381. The van der Waals surface area contributed by atoms with E-state index < -0.39 is 0 Å². The van der Waals surface area contributed by atoms with Gasteiger partial charge in [0.05, 0.1) is 0 Å². The predicted octanol–water partition coefficient (Wildman–Crippen LogP) is 1.84. The molecule has 2 heterocycles. The molecule has 1 saturated heterocycles. The highest BCUT2D eigenvalue weighted by Crippen LogP contribution is 2.44. The van der Waals surface area contributed by atoms with E-state index in [1.165, 1.54) is 19.3 Å². The molecule has 148 valence electrons. The standard InChI is InChI=1S/C20H34N2O4/c1-3-25-20-16(8-5-13-23)17(15-6-4-7-15)14-18(26-20)19(24)22-11-9-21(2)10-12-22/h14-17,20,23H,3-13H2,1-2H3/t16-,17+,20+/m1/s1. The number of carbonyl (C=O) groups is 1. The summed E-state index contributed by atoms with van der Waals surface area (Å²) in [5.41, 5.74) is 0. The molecule has 1 aliphatic carbocycles. The summed E-state index contributed by atoms with van der Waals surface area (Å²) in [7, 11) is 2.09. The minimum absolute atomic E-state index is 0.00716. The summed E-state index contributed by atoms with van der Waals surface area (Å²) in [4.78, 5) is 17.2. The molecule has 0 spiro atoms. The van der Waals surface area contributed by atoms with Crippen molar-refractivity contribution in [2.24, 2.45) is 17.8 Å². The molecule has 2 fully saturated rings. The van der Waals surface area contributed by atoms with Crippen molar-refractivity contribution in [2.45, 2.75) is 45.3 Å². The molecule has 3 aliphatic rings. The van der Waals surface area contributed by atoms with Crippen LogP contribution in [0.3, 0.4) is 0 Å². The van der Waals surface area contributed by atoms with Gasteiger partial charge in [-0.3, -0.25) is 4.79 Å². The molecule has 0 aromatic carbocycles. The Morgan fingerprint density at radius 1 is 1.31 bits per heavy atom. The quantitative estimate of drug-likeness (QED) is 0.745. The van der Waals surface area contributed by atoms with Gasteiger partial charge in [-0.25, -0.2) is 0 Å². The van der Waals surface area contributed by atoms with Gasteiger partial charge in [0.15, 0.2) is 5.76 Å². The molecule has 6 nitrogen and oxygen atoms in total. The van der Waals surface area contributed by atoms with Gasteiger partial charge < -0.3 is 24.4 Å². The number of hydrogen-bond donors (Lipinski definition) is 1. The van der Waals surface area contributed by atoms with Gasteiger partial charge in [-0.15, -0.1) is 0 Å². The van der Waals surface area contributed by atoms with Crippen molar-refractivity contribution < 1.29 is 19.4 Å². The van der Waals surface area contributed by atoms with Crippen LogP contribution >= 0.6 is 0 Å². The van der Waals surface area contributed by atoms with Crippen molar-refractivity contribution in [3.63, 3.8) is 0 Å². The Kier molecular flexibility index (Phi) is 6.95. The summed E-state index contributed by atoms with van der Waals surface area (Å²) in [5.74, 6) is 1.63. The topological polar surface area (TPSA) is 62.2 Å². The van der Waals surface area contributed by atoms with Gasteiger partial charge in [-0.05, 0) is 57.6 Å². The van der Waals surface area contributed by atoms with Crippen molar-refractivity contribution in [3.05, 3.63) is 11.8 Å². The Morgan fingerprint density at radius 2 is 2.04 bits per heavy atom. The average molecular weight is 367 g/mol. The number of allylic oxidation sites excluding steroid dienone is 1. The third kappa shape index (κ3) is 4.41. The third-order valence-electron chi connectivity index (χ3n) is 6.15. The van der Waals surface area contributed by atoms with Crippen LogP contribution in [-0.2, 0) is 14.3 Å². The number of carbonyl (C=O) groups excluding carboxylic acids is 1. The van der Waals surface area contributed by atoms with Gasteiger partial charge in [0.1, 0.15) is 0 Å². The van der Waals surface area contributed by atoms with Crippen molar-refractivity contribution in [2.75, 3.05) is 46.4 Å². The Bertz CT molecular complexity index is 498. The fourth-order valence-corrected chi connectivity index (χ4v) is 4.31. The smallest absolute Gasteiger partial charge is 0.288 e. The summed E-state index contributed by atoms with van der Waals surface area (Å²) in [5, 5.41) is 9.28. The maximum absolute atomic E-state index is 13.0. The zero-order valence-electron chi connectivity index (χ0n) is 16.2. The number of aliphatic hydroxyl groups is 1. The number of hydrogen-bond acceptors (Lipinski definition) is 5. The lowest BCUT2D eigenvalue weighted by Crippen LogP contribution is -2.49. The lowest BCUT2D eigenvalue weighted by atomic mass is 9.68. The summed E-state index contributed by atoms with van der Waals surface area (Å²) < 4.78 is 12.0. The second-order valence-corrected chi connectivity index (χ2v) is 7.87. The molecule has 3 atom stereocenters. The number of likely N-dealkylation sites (N-methyl/N-ethyl adjacent to an activating group) is 1. The number of piperazine rings is 1. The number of nitrogens with zero attached hydrogens (tertiary/aromatic N) is 2. The van der Waals surface area contributed by atoms with Crippen LogP contribution in [0.1, 0.15) is 39.0 Å². The molecule has 0 radical (unpaired) electrons. The van der Waals surface area contributed by atoms with Crippen LogP contribution in [0, 0.1) is 17.8 Å². The minimum Gasteiger partial charge on any atom is -0.459 e. The Morgan fingerprint density at radius 3 is 2.62 bits per heavy atom. The van der Waals surface area contributed by atoms with Crippen LogP contribution < -0.4 is 0 Å². The van der Waals surface area contributed by atoms with Crippen molar-refractivity contribution >= 4 is 5.91 Å². The van der Waals surface area contributed by atoms with E-state index in [0.29, 0.717) is 24.2 Å². The predicted molar refractivity (Wildman–Crippen MR) is 99.3 cm³/mol. The Hall–Kier alpha value is -1.11. The van der Waals surface area contributed by atoms with Gasteiger partial charge in [-0.2, -0.15) is 0 Å². The highest BCUT2D eigenvalue weighted by atomic mass is 16.7. The first-order valence-electron chi connectivity index (χ1n) is 10.2. The van der Waals surface area contributed by atoms with E-state index in [9.17, 15) is 9.90 Å². The summed E-state index contributed by atoms with van der Waals surface area (Å²) in [6.07, 6.45) is 7.02. The number of aliphatic hydroxyl groups excluding tert-OH is 1. The summed E-state index contributed by atoms with van der Waals surface area (Å²) in [6.45, 7) is 6.01.